The van der Waals surface area contributed by atoms with Crippen LogP contribution < -0.4 is 5.32 Å². The third-order valence-corrected chi connectivity index (χ3v) is 3.57. The van der Waals surface area contributed by atoms with E-state index in [-0.39, 0.29) is 6.04 Å². The third kappa shape index (κ3) is 3.30. The highest BCUT2D eigenvalue weighted by molar-refractivity contribution is 4.88. The van der Waals surface area contributed by atoms with Crippen LogP contribution >= 0.6 is 0 Å². The zero-order valence-electron chi connectivity index (χ0n) is 10.1. The average molecular weight is 222 g/mol. The van der Waals surface area contributed by atoms with Crippen LogP contribution in [0.1, 0.15) is 57.3 Å². The molecule has 16 heavy (non-hydrogen) atoms. The van der Waals surface area contributed by atoms with E-state index >= 15 is 0 Å². The predicted molar refractivity (Wildman–Crippen MR) is 64.0 cm³/mol. The zero-order valence-corrected chi connectivity index (χ0v) is 10.1. The van der Waals surface area contributed by atoms with Crippen LogP contribution in [0.15, 0.2) is 6.33 Å². The molecule has 2 N–H and O–H groups in total. The number of hydrogen-bond acceptors (Lipinski definition) is 3. The van der Waals surface area contributed by atoms with Crippen molar-refractivity contribution in [2.24, 2.45) is 5.92 Å². The van der Waals surface area contributed by atoms with Crippen molar-refractivity contribution < 1.29 is 0 Å². The Kier molecular flexibility index (Phi) is 4.34. The number of aromatic nitrogens is 3. The van der Waals surface area contributed by atoms with Gasteiger partial charge in [0, 0.05) is 0 Å². The predicted octanol–water partition coefficient (Wildman–Crippen LogP) is 2.43. The van der Waals surface area contributed by atoms with Gasteiger partial charge in [-0.2, -0.15) is 5.10 Å². The molecule has 0 aromatic carbocycles. The maximum atomic E-state index is 4.15. The van der Waals surface area contributed by atoms with Crippen LogP contribution in [-0.4, -0.2) is 21.7 Å². The van der Waals surface area contributed by atoms with E-state index in [1.165, 1.54) is 38.5 Å². The van der Waals surface area contributed by atoms with Crippen LogP contribution in [0.5, 0.6) is 0 Å². The van der Waals surface area contributed by atoms with Crippen molar-refractivity contribution in [3.05, 3.63) is 12.2 Å². The molecule has 1 atom stereocenters. The number of nitrogens with one attached hydrogen (secondary N) is 2. The Bertz CT molecular complexity index is 277. The van der Waals surface area contributed by atoms with Gasteiger partial charge in [-0.1, -0.05) is 32.1 Å². The lowest BCUT2D eigenvalue weighted by Gasteiger charge is -2.22. The summed E-state index contributed by atoms with van der Waals surface area (Å²) in [7, 11) is 0. The summed E-state index contributed by atoms with van der Waals surface area (Å²) < 4.78 is 0. The Morgan fingerprint density at radius 2 is 2.25 bits per heavy atom. The lowest BCUT2D eigenvalue weighted by Crippen LogP contribution is -2.23. The minimum absolute atomic E-state index is 0.283. The fraction of sp³-hybridized carbons (Fsp3) is 0.833. The summed E-state index contributed by atoms with van der Waals surface area (Å²) >= 11 is 0. The van der Waals surface area contributed by atoms with E-state index < -0.39 is 0 Å². The van der Waals surface area contributed by atoms with Crippen molar-refractivity contribution in [3.63, 3.8) is 0 Å². The Morgan fingerprint density at radius 3 is 2.94 bits per heavy atom. The first-order valence-corrected chi connectivity index (χ1v) is 6.45. The molecule has 0 bridgehead atoms. The van der Waals surface area contributed by atoms with Crippen molar-refractivity contribution in [1.29, 1.82) is 0 Å². The van der Waals surface area contributed by atoms with Gasteiger partial charge in [-0.05, 0) is 25.8 Å². The number of H-pyrrole nitrogens is 1. The Hall–Kier alpha value is -0.900. The van der Waals surface area contributed by atoms with E-state index in [0.717, 1.165) is 18.3 Å². The van der Waals surface area contributed by atoms with Gasteiger partial charge in [-0.25, -0.2) is 4.98 Å². The van der Waals surface area contributed by atoms with E-state index in [4.69, 9.17) is 0 Å². The second-order valence-electron chi connectivity index (χ2n) is 4.84. The van der Waals surface area contributed by atoms with Gasteiger partial charge in [-0.15, -0.1) is 0 Å². The summed E-state index contributed by atoms with van der Waals surface area (Å²) in [4.78, 5) is 4.15. The van der Waals surface area contributed by atoms with Gasteiger partial charge in [0.05, 0.1) is 6.04 Å². The molecule has 1 aromatic rings. The quantitative estimate of drug-likeness (QED) is 0.804. The Labute approximate surface area is 97.2 Å². The molecule has 1 saturated carbocycles. The molecule has 90 valence electrons. The highest BCUT2D eigenvalue weighted by atomic mass is 15.2. The van der Waals surface area contributed by atoms with Crippen molar-refractivity contribution in [2.75, 3.05) is 6.54 Å². The van der Waals surface area contributed by atoms with Gasteiger partial charge < -0.3 is 5.32 Å². The summed E-state index contributed by atoms with van der Waals surface area (Å²) in [5, 5.41) is 10.3. The van der Waals surface area contributed by atoms with Crippen LogP contribution in [0.4, 0.5) is 0 Å². The number of aromatic amines is 1. The smallest absolute Gasteiger partial charge is 0.141 e. The molecule has 1 unspecified atom stereocenters. The van der Waals surface area contributed by atoms with Crippen LogP contribution in [-0.2, 0) is 0 Å². The van der Waals surface area contributed by atoms with Crippen molar-refractivity contribution in [2.45, 2.75) is 51.5 Å². The highest BCUT2D eigenvalue weighted by Crippen LogP contribution is 2.25. The molecule has 0 amide bonds. The average Bonchev–Trinajstić information content (AvgIpc) is 2.84. The molecular weight excluding hydrogens is 200 g/mol. The second kappa shape index (κ2) is 5.99. The molecule has 1 aliphatic rings. The SMILES string of the molecule is CC(NCCC1CCCCC1)c1ncn[nH]1. The van der Waals surface area contributed by atoms with E-state index in [0.29, 0.717) is 0 Å². The lowest BCUT2D eigenvalue weighted by molar-refractivity contribution is 0.328. The molecule has 4 heteroatoms. The zero-order chi connectivity index (χ0) is 11.2. The standard InChI is InChI=1S/C12H22N4/c1-10(12-14-9-15-16-12)13-8-7-11-5-3-2-4-6-11/h9-11,13H,2-8H2,1H3,(H,14,15,16). The number of rotatable bonds is 5. The first kappa shape index (κ1) is 11.6. The van der Waals surface area contributed by atoms with Gasteiger partial charge >= 0.3 is 0 Å². The molecule has 0 spiro atoms. The maximum Gasteiger partial charge on any atom is 0.141 e. The summed E-state index contributed by atoms with van der Waals surface area (Å²) in [6.45, 7) is 3.22. The molecule has 1 fully saturated rings. The lowest BCUT2D eigenvalue weighted by atomic mass is 9.87. The maximum absolute atomic E-state index is 4.15. The molecule has 1 heterocycles. The fourth-order valence-corrected chi connectivity index (χ4v) is 2.50. The minimum atomic E-state index is 0.283. The van der Waals surface area contributed by atoms with E-state index in [9.17, 15) is 0 Å². The third-order valence-electron chi connectivity index (χ3n) is 3.57. The van der Waals surface area contributed by atoms with Gasteiger partial charge in [0.15, 0.2) is 0 Å². The van der Waals surface area contributed by atoms with Gasteiger partial charge in [0.1, 0.15) is 12.2 Å². The fourth-order valence-electron chi connectivity index (χ4n) is 2.50. The largest absolute Gasteiger partial charge is 0.308 e. The Morgan fingerprint density at radius 1 is 1.44 bits per heavy atom. The normalized spacial score (nSPS) is 19.8. The first-order chi connectivity index (χ1) is 7.86. The van der Waals surface area contributed by atoms with E-state index in [1.807, 2.05) is 0 Å². The van der Waals surface area contributed by atoms with Crippen molar-refractivity contribution in [3.8, 4) is 0 Å². The number of hydrogen-bond donors (Lipinski definition) is 2. The van der Waals surface area contributed by atoms with Crippen LogP contribution in [0.2, 0.25) is 0 Å². The van der Waals surface area contributed by atoms with Crippen LogP contribution in [0.3, 0.4) is 0 Å². The van der Waals surface area contributed by atoms with E-state index in [2.05, 4.69) is 27.4 Å². The highest BCUT2D eigenvalue weighted by Gasteiger charge is 2.14. The van der Waals surface area contributed by atoms with Crippen LogP contribution in [0, 0.1) is 5.92 Å². The molecule has 0 radical (unpaired) electrons. The van der Waals surface area contributed by atoms with Crippen molar-refractivity contribution >= 4 is 0 Å². The molecule has 0 saturated heterocycles. The minimum Gasteiger partial charge on any atom is -0.308 e. The topological polar surface area (TPSA) is 53.6 Å². The summed E-state index contributed by atoms with van der Waals surface area (Å²) in [5.74, 6) is 1.88. The van der Waals surface area contributed by atoms with Gasteiger partial charge in [0.25, 0.3) is 0 Å². The van der Waals surface area contributed by atoms with E-state index in [1.54, 1.807) is 6.33 Å². The molecule has 1 aromatic heterocycles. The number of nitrogens with zero attached hydrogens (tertiary/aromatic N) is 2. The summed E-state index contributed by atoms with van der Waals surface area (Å²) in [5.41, 5.74) is 0. The molecule has 0 aliphatic heterocycles. The molecular formula is C12H22N4. The van der Waals surface area contributed by atoms with Gasteiger partial charge in [0.2, 0.25) is 0 Å². The molecule has 1 aliphatic carbocycles. The second-order valence-corrected chi connectivity index (χ2v) is 4.84. The monoisotopic (exact) mass is 222 g/mol. The first-order valence-electron chi connectivity index (χ1n) is 6.45. The summed E-state index contributed by atoms with van der Waals surface area (Å²) in [6.07, 6.45) is 10.0. The summed E-state index contributed by atoms with van der Waals surface area (Å²) in [6, 6.07) is 0.283. The van der Waals surface area contributed by atoms with Gasteiger partial charge in [-0.3, -0.25) is 5.10 Å². The molecule has 2 rings (SSSR count). The van der Waals surface area contributed by atoms with Crippen molar-refractivity contribution in [1.82, 2.24) is 20.5 Å². The van der Waals surface area contributed by atoms with Crippen LogP contribution in [0.25, 0.3) is 0 Å². The Balaban J connectivity index is 1.63. The molecule has 4 nitrogen and oxygen atoms in total.